The molecule has 0 spiro atoms. The van der Waals surface area contributed by atoms with Gasteiger partial charge < -0.3 is 10.1 Å². The molecule has 0 aromatic heterocycles. The van der Waals surface area contributed by atoms with E-state index in [4.69, 9.17) is 4.74 Å². The lowest BCUT2D eigenvalue weighted by Crippen LogP contribution is -2.29. The Bertz CT molecular complexity index is 159. The summed E-state index contributed by atoms with van der Waals surface area (Å²) >= 11 is 0. The van der Waals surface area contributed by atoms with Gasteiger partial charge in [-0.25, -0.2) is 0 Å². The topological polar surface area (TPSA) is 21.3 Å². The molecule has 96 valence electrons. The minimum Gasteiger partial charge on any atom is -0.374 e. The standard InChI is InChI=1S/C14H29NO/c1-5-7-8-9-10-13(3)16-14(4)12-15-11-6-2/h6,13-15H,2,5,7-12H2,1,3-4H3. The van der Waals surface area contributed by atoms with Gasteiger partial charge in [-0.15, -0.1) is 6.58 Å². The predicted molar refractivity (Wildman–Crippen MR) is 71.8 cm³/mol. The summed E-state index contributed by atoms with van der Waals surface area (Å²) in [6.45, 7) is 12.0. The minimum absolute atomic E-state index is 0.293. The van der Waals surface area contributed by atoms with Crippen LogP contribution in [0.2, 0.25) is 0 Å². The van der Waals surface area contributed by atoms with Crippen molar-refractivity contribution < 1.29 is 4.74 Å². The fourth-order valence-corrected chi connectivity index (χ4v) is 1.76. The number of nitrogens with one attached hydrogen (secondary N) is 1. The Morgan fingerprint density at radius 1 is 1.19 bits per heavy atom. The molecule has 0 rings (SSSR count). The fourth-order valence-electron chi connectivity index (χ4n) is 1.76. The molecule has 0 aliphatic rings. The van der Waals surface area contributed by atoms with Crippen LogP contribution in [0.25, 0.3) is 0 Å². The summed E-state index contributed by atoms with van der Waals surface area (Å²) in [5, 5.41) is 3.27. The molecule has 16 heavy (non-hydrogen) atoms. The number of unbranched alkanes of at least 4 members (excludes halogenated alkanes) is 3. The van der Waals surface area contributed by atoms with Crippen LogP contribution in [0.15, 0.2) is 12.7 Å². The monoisotopic (exact) mass is 227 g/mol. The molecule has 1 N–H and O–H groups in total. The van der Waals surface area contributed by atoms with E-state index in [0.29, 0.717) is 12.2 Å². The zero-order chi connectivity index (χ0) is 12.2. The molecule has 0 radical (unpaired) electrons. The summed E-state index contributed by atoms with van der Waals surface area (Å²) in [5.74, 6) is 0. The van der Waals surface area contributed by atoms with Crippen LogP contribution in [-0.2, 0) is 4.74 Å². The SMILES string of the molecule is C=CCNCC(C)OC(C)CCCCCC. The van der Waals surface area contributed by atoms with E-state index >= 15 is 0 Å². The highest BCUT2D eigenvalue weighted by Gasteiger charge is 2.07. The number of hydrogen-bond acceptors (Lipinski definition) is 2. The first-order chi connectivity index (χ1) is 7.70. The van der Waals surface area contributed by atoms with Crippen LogP contribution < -0.4 is 5.32 Å². The van der Waals surface area contributed by atoms with Gasteiger partial charge in [-0.3, -0.25) is 0 Å². The molecule has 0 fully saturated rings. The molecule has 2 atom stereocenters. The van der Waals surface area contributed by atoms with Crippen LogP contribution in [0.5, 0.6) is 0 Å². The molecule has 0 aliphatic heterocycles. The van der Waals surface area contributed by atoms with Crippen molar-refractivity contribution in [3.63, 3.8) is 0 Å². The smallest absolute Gasteiger partial charge is 0.0675 e. The molecule has 2 nitrogen and oxygen atoms in total. The van der Waals surface area contributed by atoms with Crippen molar-refractivity contribution in [2.24, 2.45) is 0 Å². The molecule has 0 saturated heterocycles. The molecule has 0 amide bonds. The van der Waals surface area contributed by atoms with E-state index < -0.39 is 0 Å². The first-order valence-electron chi connectivity index (χ1n) is 6.67. The van der Waals surface area contributed by atoms with Gasteiger partial charge >= 0.3 is 0 Å². The third-order valence-corrected chi connectivity index (χ3v) is 2.65. The lowest BCUT2D eigenvalue weighted by molar-refractivity contribution is 0.00416. The third-order valence-electron chi connectivity index (χ3n) is 2.65. The van der Waals surface area contributed by atoms with Crippen molar-refractivity contribution in [3.8, 4) is 0 Å². The van der Waals surface area contributed by atoms with Gasteiger partial charge in [0.2, 0.25) is 0 Å². The Balaban J connectivity index is 3.38. The Morgan fingerprint density at radius 3 is 2.56 bits per heavy atom. The number of hydrogen-bond donors (Lipinski definition) is 1. The van der Waals surface area contributed by atoms with E-state index in [2.05, 4.69) is 32.7 Å². The van der Waals surface area contributed by atoms with Crippen molar-refractivity contribution in [2.45, 2.75) is 65.1 Å². The number of rotatable bonds is 11. The average molecular weight is 227 g/mol. The summed E-state index contributed by atoms with van der Waals surface area (Å²) < 4.78 is 5.88. The van der Waals surface area contributed by atoms with Gasteiger partial charge in [0.1, 0.15) is 0 Å². The van der Waals surface area contributed by atoms with Crippen molar-refractivity contribution in [3.05, 3.63) is 12.7 Å². The molecule has 0 saturated carbocycles. The van der Waals surface area contributed by atoms with Crippen LogP contribution >= 0.6 is 0 Å². The summed E-state index contributed by atoms with van der Waals surface area (Å²) in [7, 11) is 0. The Kier molecular flexibility index (Phi) is 10.9. The first kappa shape index (κ1) is 15.7. The second-order valence-corrected chi connectivity index (χ2v) is 4.55. The number of ether oxygens (including phenoxy) is 1. The van der Waals surface area contributed by atoms with Crippen molar-refractivity contribution >= 4 is 0 Å². The quantitative estimate of drug-likeness (QED) is 0.431. The zero-order valence-electron chi connectivity index (χ0n) is 11.3. The maximum Gasteiger partial charge on any atom is 0.0675 e. The van der Waals surface area contributed by atoms with E-state index in [0.717, 1.165) is 13.1 Å². The molecule has 0 bridgehead atoms. The minimum atomic E-state index is 0.293. The molecule has 0 heterocycles. The normalized spacial score (nSPS) is 14.7. The molecule has 0 aliphatic carbocycles. The Morgan fingerprint density at radius 2 is 1.94 bits per heavy atom. The summed E-state index contributed by atoms with van der Waals surface area (Å²) in [6, 6.07) is 0. The highest BCUT2D eigenvalue weighted by Crippen LogP contribution is 2.09. The highest BCUT2D eigenvalue weighted by atomic mass is 16.5. The maximum absolute atomic E-state index is 5.88. The summed E-state index contributed by atoms with van der Waals surface area (Å²) in [4.78, 5) is 0. The average Bonchev–Trinajstić information content (AvgIpc) is 2.25. The van der Waals surface area contributed by atoms with Gasteiger partial charge in [0.05, 0.1) is 12.2 Å². The van der Waals surface area contributed by atoms with Crippen molar-refractivity contribution in [2.75, 3.05) is 13.1 Å². The lowest BCUT2D eigenvalue weighted by Gasteiger charge is -2.19. The second kappa shape index (κ2) is 11.2. The van der Waals surface area contributed by atoms with E-state index in [1.165, 1.54) is 32.1 Å². The molecule has 2 unspecified atom stereocenters. The Hall–Kier alpha value is -0.340. The lowest BCUT2D eigenvalue weighted by atomic mass is 10.1. The molecular weight excluding hydrogens is 198 g/mol. The highest BCUT2D eigenvalue weighted by molar-refractivity contribution is 4.70. The maximum atomic E-state index is 5.88. The molecule has 2 heteroatoms. The molecule has 0 aromatic rings. The van der Waals surface area contributed by atoms with Crippen LogP contribution in [0, 0.1) is 0 Å². The van der Waals surface area contributed by atoms with Crippen LogP contribution in [-0.4, -0.2) is 25.3 Å². The van der Waals surface area contributed by atoms with E-state index in [1.807, 2.05) is 6.08 Å². The van der Waals surface area contributed by atoms with E-state index in [9.17, 15) is 0 Å². The van der Waals surface area contributed by atoms with Gasteiger partial charge in [0.25, 0.3) is 0 Å². The van der Waals surface area contributed by atoms with Gasteiger partial charge in [-0.05, 0) is 20.3 Å². The summed E-state index contributed by atoms with van der Waals surface area (Å²) in [6.07, 6.45) is 9.03. The van der Waals surface area contributed by atoms with E-state index in [1.54, 1.807) is 0 Å². The van der Waals surface area contributed by atoms with Crippen LogP contribution in [0.3, 0.4) is 0 Å². The van der Waals surface area contributed by atoms with Gasteiger partial charge in [0.15, 0.2) is 0 Å². The molecular formula is C14H29NO. The van der Waals surface area contributed by atoms with Crippen LogP contribution in [0.4, 0.5) is 0 Å². The Labute approximate surface area is 101 Å². The third kappa shape index (κ3) is 10.2. The largest absolute Gasteiger partial charge is 0.374 e. The zero-order valence-corrected chi connectivity index (χ0v) is 11.3. The first-order valence-corrected chi connectivity index (χ1v) is 6.67. The fraction of sp³-hybridized carbons (Fsp3) is 0.857. The van der Waals surface area contributed by atoms with Gasteiger partial charge in [0, 0.05) is 13.1 Å². The summed E-state index contributed by atoms with van der Waals surface area (Å²) in [5.41, 5.74) is 0. The van der Waals surface area contributed by atoms with Crippen molar-refractivity contribution in [1.29, 1.82) is 0 Å². The predicted octanol–water partition coefficient (Wildman–Crippen LogP) is 3.53. The van der Waals surface area contributed by atoms with Gasteiger partial charge in [-0.1, -0.05) is 38.7 Å². The van der Waals surface area contributed by atoms with E-state index in [-0.39, 0.29) is 0 Å². The van der Waals surface area contributed by atoms with Gasteiger partial charge in [-0.2, -0.15) is 0 Å². The van der Waals surface area contributed by atoms with Crippen molar-refractivity contribution in [1.82, 2.24) is 5.32 Å². The molecule has 0 aromatic carbocycles. The van der Waals surface area contributed by atoms with Crippen LogP contribution in [0.1, 0.15) is 52.9 Å². The second-order valence-electron chi connectivity index (χ2n) is 4.55.